The second kappa shape index (κ2) is 6.83. The first kappa shape index (κ1) is 14.9. The van der Waals surface area contributed by atoms with E-state index in [-0.39, 0.29) is 5.91 Å². The summed E-state index contributed by atoms with van der Waals surface area (Å²) in [7, 11) is 0. The second-order valence-electron chi connectivity index (χ2n) is 4.90. The zero-order valence-electron chi connectivity index (χ0n) is 11.3. The Morgan fingerprint density at radius 3 is 2.76 bits per heavy atom. The third kappa shape index (κ3) is 4.00. The lowest BCUT2D eigenvalue weighted by molar-refractivity contribution is 0.103. The van der Waals surface area contributed by atoms with Crippen molar-refractivity contribution in [3.05, 3.63) is 26.4 Å². The van der Waals surface area contributed by atoms with Crippen LogP contribution in [-0.2, 0) is 6.54 Å². The molecular formula is C13H15ClN4OS2. The van der Waals surface area contributed by atoms with E-state index in [1.54, 1.807) is 12.1 Å². The van der Waals surface area contributed by atoms with E-state index >= 15 is 0 Å². The Hall–Kier alpha value is -1.02. The molecule has 2 aromatic rings. The average Bonchev–Trinajstić information content (AvgIpc) is 3.09. The van der Waals surface area contributed by atoms with Gasteiger partial charge in [0.2, 0.25) is 5.13 Å². The van der Waals surface area contributed by atoms with Gasteiger partial charge in [0.05, 0.1) is 15.8 Å². The fourth-order valence-electron chi connectivity index (χ4n) is 2.27. The van der Waals surface area contributed by atoms with Gasteiger partial charge in [0.15, 0.2) is 0 Å². The van der Waals surface area contributed by atoms with Gasteiger partial charge in [0.1, 0.15) is 5.01 Å². The highest BCUT2D eigenvalue weighted by Gasteiger charge is 2.15. The summed E-state index contributed by atoms with van der Waals surface area (Å²) in [5, 5.41) is 12.4. The van der Waals surface area contributed by atoms with Gasteiger partial charge in [-0.05, 0) is 38.1 Å². The molecule has 0 bridgehead atoms. The van der Waals surface area contributed by atoms with E-state index in [1.807, 2.05) is 0 Å². The Morgan fingerprint density at radius 2 is 2.05 bits per heavy atom. The maximum Gasteiger partial charge on any atom is 0.267 e. The van der Waals surface area contributed by atoms with E-state index < -0.39 is 0 Å². The molecule has 1 aliphatic heterocycles. The molecule has 112 valence electrons. The predicted molar refractivity (Wildman–Crippen MR) is 86.3 cm³/mol. The highest BCUT2D eigenvalue weighted by molar-refractivity contribution is 7.18. The minimum absolute atomic E-state index is 0.187. The van der Waals surface area contributed by atoms with Gasteiger partial charge in [-0.1, -0.05) is 29.4 Å². The Balaban J connectivity index is 1.58. The number of anilines is 1. The summed E-state index contributed by atoms with van der Waals surface area (Å²) in [4.78, 5) is 15.0. The SMILES string of the molecule is O=C(Nc1nnc(CN2CCCCC2)s1)c1ccc(Cl)s1. The molecule has 0 aliphatic carbocycles. The Labute approximate surface area is 136 Å². The number of rotatable bonds is 4. The monoisotopic (exact) mass is 342 g/mol. The van der Waals surface area contributed by atoms with Crippen molar-refractivity contribution in [3.8, 4) is 0 Å². The quantitative estimate of drug-likeness (QED) is 0.924. The number of carbonyl (C=O) groups is 1. The summed E-state index contributed by atoms with van der Waals surface area (Å²) in [5.41, 5.74) is 0. The van der Waals surface area contributed by atoms with Crippen LogP contribution < -0.4 is 5.32 Å². The van der Waals surface area contributed by atoms with Crippen LogP contribution in [0.4, 0.5) is 5.13 Å². The number of nitrogens with one attached hydrogen (secondary N) is 1. The number of thiophene rings is 1. The van der Waals surface area contributed by atoms with Gasteiger partial charge in [0.25, 0.3) is 5.91 Å². The van der Waals surface area contributed by atoms with Gasteiger partial charge in [-0.2, -0.15) is 0 Å². The van der Waals surface area contributed by atoms with Crippen LogP contribution in [0.1, 0.15) is 33.9 Å². The summed E-state index contributed by atoms with van der Waals surface area (Å²) in [6, 6.07) is 3.42. The van der Waals surface area contributed by atoms with Gasteiger partial charge >= 0.3 is 0 Å². The molecule has 3 rings (SSSR count). The summed E-state index contributed by atoms with van der Waals surface area (Å²) in [6.45, 7) is 3.06. The molecule has 5 nitrogen and oxygen atoms in total. The first-order chi connectivity index (χ1) is 10.2. The topological polar surface area (TPSA) is 58.1 Å². The average molecular weight is 343 g/mol. The molecule has 3 heterocycles. The highest BCUT2D eigenvalue weighted by atomic mass is 35.5. The molecule has 0 saturated carbocycles. The highest BCUT2D eigenvalue weighted by Crippen LogP contribution is 2.24. The maximum atomic E-state index is 12.0. The zero-order chi connectivity index (χ0) is 14.7. The second-order valence-corrected chi connectivity index (χ2v) is 7.67. The van der Waals surface area contributed by atoms with Gasteiger partial charge in [-0.3, -0.25) is 15.0 Å². The van der Waals surface area contributed by atoms with Gasteiger partial charge in [0, 0.05) is 0 Å². The fraction of sp³-hybridized carbons (Fsp3) is 0.462. The number of hydrogen-bond donors (Lipinski definition) is 1. The van der Waals surface area contributed by atoms with E-state index in [2.05, 4.69) is 20.4 Å². The molecule has 0 spiro atoms. The van der Waals surface area contributed by atoms with E-state index in [0.717, 1.165) is 24.6 Å². The number of carbonyl (C=O) groups excluding carboxylic acids is 1. The number of nitrogens with zero attached hydrogens (tertiary/aromatic N) is 3. The van der Waals surface area contributed by atoms with Crippen LogP contribution in [0.25, 0.3) is 0 Å². The fourth-order valence-corrected chi connectivity index (χ4v) is 3.99. The van der Waals surface area contributed by atoms with E-state index in [1.165, 1.54) is 41.9 Å². The van der Waals surface area contributed by atoms with Crippen molar-refractivity contribution in [2.45, 2.75) is 25.8 Å². The Bertz CT molecular complexity index is 621. The summed E-state index contributed by atoms with van der Waals surface area (Å²) in [5.74, 6) is -0.187. The van der Waals surface area contributed by atoms with Crippen molar-refractivity contribution in [2.75, 3.05) is 18.4 Å². The van der Waals surface area contributed by atoms with Crippen molar-refractivity contribution < 1.29 is 4.79 Å². The molecule has 8 heteroatoms. The van der Waals surface area contributed by atoms with Gasteiger partial charge in [-0.25, -0.2) is 0 Å². The maximum absolute atomic E-state index is 12.0. The molecule has 1 fully saturated rings. The molecule has 0 unspecified atom stereocenters. The largest absolute Gasteiger partial charge is 0.297 e. The van der Waals surface area contributed by atoms with Crippen LogP contribution in [-0.4, -0.2) is 34.1 Å². The lowest BCUT2D eigenvalue weighted by atomic mass is 10.1. The lowest BCUT2D eigenvalue weighted by Gasteiger charge is -2.24. The van der Waals surface area contributed by atoms with Crippen molar-refractivity contribution >= 4 is 45.3 Å². The zero-order valence-corrected chi connectivity index (χ0v) is 13.7. The number of halogens is 1. The molecule has 0 atom stereocenters. The lowest BCUT2D eigenvalue weighted by Crippen LogP contribution is -2.28. The van der Waals surface area contributed by atoms with Gasteiger partial charge < -0.3 is 0 Å². The first-order valence-corrected chi connectivity index (χ1v) is 8.83. The number of amides is 1. The molecule has 1 aliphatic rings. The smallest absolute Gasteiger partial charge is 0.267 e. The summed E-state index contributed by atoms with van der Waals surface area (Å²) >= 11 is 8.51. The minimum Gasteiger partial charge on any atom is -0.297 e. The number of piperidine rings is 1. The summed E-state index contributed by atoms with van der Waals surface area (Å²) < 4.78 is 0.600. The van der Waals surface area contributed by atoms with Crippen molar-refractivity contribution in [3.63, 3.8) is 0 Å². The van der Waals surface area contributed by atoms with E-state index in [9.17, 15) is 4.79 Å². The molecule has 1 N–H and O–H groups in total. The molecule has 21 heavy (non-hydrogen) atoms. The predicted octanol–water partition coefficient (Wildman–Crippen LogP) is 3.49. The van der Waals surface area contributed by atoms with Crippen molar-refractivity contribution in [1.29, 1.82) is 0 Å². The molecule has 1 amide bonds. The van der Waals surface area contributed by atoms with Crippen LogP contribution in [0.2, 0.25) is 4.34 Å². The number of likely N-dealkylation sites (tertiary alicyclic amines) is 1. The standard InChI is InChI=1S/C13H15ClN4OS2/c14-10-5-4-9(20-10)12(19)15-13-17-16-11(21-13)8-18-6-2-1-3-7-18/h4-5H,1-3,6-8H2,(H,15,17,19). The van der Waals surface area contributed by atoms with Crippen LogP contribution in [0.5, 0.6) is 0 Å². The van der Waals surface area contributed by atoms with Crippen LogP contribution >= 0.6 is 34.3 Å². The summed E-state index contributed by atoms with van der Waals surface area (Å²) in [6.07, 6.45) is 3.82. The van der Waals surface area contributed by atoms with Crippen LogP contribution in [0, 0.1) is 0 Å². The van der Waals surface area contributed by atoms with E-state index in [4.69, 9.17) is 11.6 Å². The minimum atomic E-state index is -0.187. The normalized spacial score (nSPS) is 16.0. The first-order valence-electron chi connectivity index (χ1n) is 6.82. The van der Waals surface area contributed by atoms with E-state index in [0.29, 0.717) is 14.3 Å². The number of hydrogen-bond acceptors (Lipinski definition) is 6. The molecular weight excluding hydrogens is 328 g/mol. The van der Waals surface area contributed by atoms with Crippen molar-refractivity contribution in [2.24, 2.45) is 0 Å². The van der Waals surface area contributed by atoms with Crippen LogP contribution in [0.15, 0.2) is 12.1 Å². The Kier molecular flexibility index (Phi) is 4.84. The van der Waals surface area contributed by atoms with Crippen molar-refractivity contribution in [1.82, 2.24) is 15.1 Å². The molecule has 1 saturated heterocycles. The third-order valence-electron chi connectivity index (χ3n) is 3.29. The molecule has 0 aromatic carbocycles. The molecule has 2 aromatic heterocycles. The Morgan fingerprint density at radius 1 is 1.24 bits per heavy atom. The third-order valence-corrected chi connectivity index (χ3v) is 5.35. The molecule has 0 radical (unpaired) electrons. The number of aromatic nitrogens is 2. The van der Waals surface area contributed by atoms with Gasteiger partial charge in [-0.15, -0.1) is 21.5 Å². The van der Waals surface area contributed by atoms with Crippen LogP contribution in [0.3, 0.4) is 0 Å².